The number of aryl methyl sites for hydroxylation is 2. The number of hydrogen-bond donors (Lipinski definition) is 2. The van der Waals surface area contributed by atoms with Gasteiger partial charge in [-0.05, 0) is 30.2 Å². The molecule has 0 radical (unpaired) electrons. The molecule has 0 fully saturated rings. The third-order valence-electron chi connectivity index (χ3n) is 4.56. The summed E-state index contributed by atoms with van der Waals surface area (Å²) in [5, 5.41) is 14.8. The summed E-state index contributed by atoms with van der Waals surface area (Å²) in [6.45, 7) is 2.06. The molecule has 1 aromatic heterocycles. The lowest BCUT2D eigenvalue weighted by atomic mass is 10.1. The van der Waals surface area contributed by atoms with Crippen LogP contribution in [0, 0.1) is 0 Å². The van der Waals surface area contributed by atoms with Crippen molar-refractivity contribution in [3.8, 4) is 0 Å². The largest absolute Gasteiger partial charge is 0.326 e. The molecule has 0 unspecified atom stereocenters. The van der Waals surface area contributed by atoms with Crippen LogP contribution in [0.15, 0.2) is 59.8 Å². The van der Waals surface area contributed by atoms with Crippen LogP contribution in [-0.2, 0) is 29.5 Å². The highest BCUT2D eigenvalue weighted by Crippen LogP contribution is 2.19. The Morgan fingerprint density at radius 2 is 1.70 bits per heavy atom. The van der Waals surface area contributed by atoms with Crippen molar-refractivity contribution in [1.29, 1.82) is 0 Å². The van der Waals surface area contributed by atoms with Gasteiger partial charge in [0.15, 0.2) is 5.16 Å². The van der Waals surface area contributed by atoms with E-state index < -0.39 is 0 Å². The second-order valence-electron chi connectivity index (χ2n) is 6.72. The quantitative estimate of drug-likeness (QED) is 0.513. The molecule has 0 spiro atoms. The zero-order valence-corrected chi connectivity index (χ0v) is 17.9. The van der Waals surface area contributed by atoms with Gasteiger partial charge < -0.3 is 15.2 Å². The fourth-order valence-electron chi connectivity index (χ4n) is 2.93. The summed E-state index contributed by atoms with van der Waals surface area (Å²) >= 11 is 1.32. The molecule has 2 N–H and O–H groups in total. The number of carbonyl (C=O) groups is 2. The maximum atomic E-state index is 12.3. The van der Waals surface area contributed by atoms with Crippen LogP contribution >= 0.6 is 11.8 Å². The van der Waals surface area contributed by atoms with Gasteiger partial charge in [0.25, 0.3) is 0 Å². The Bertz CT molecular complexity index is 1000. The summed E-state index contributed by atoms with van der Waals surface area (Å²) in [6, 6.07) is 17.1. The van der Waals surface area contributed by atoms with Crippen LogP contribution in [0.4, 0.5) is 11.4 Å². The van der Waals surface area contributed by atoms with Crippen LogP contribution in [0.25, 0.3) is 0 Å². The Kier molecular flexibility index (Phi) is 7.62. The number of nitrogens with one attached hydrogen (secondary N) is 2. The number of benzene rings is 2. The van der Waals surface area contributed by atoms with Gasteiger partial charge in [-0.1, -0.05) is 55.1 Å². The lowest BCUT2D eigenvalue weighted by Gasteiger charge is -2.09. The van der Waals surface area contributed by atoms with Crippen LogP contribution in [0.1, 0.15) is 24.7 Å². The first-order valence-corrected chi connectivity index (χ1v) is 10.8. The molecule has 8 heteroatoms. The molecule has 0 aliphatic carbocycles. The smallest absolute Gasteiger partial charge is 0.234 e. The number of anilines is 2. The predicted octanol–water partition coefficient (Wildman–Crippen LogP) is 3.68. The minimum absolute atomic E-state index is 0.0765. The number of amides is 2. The van der Waals surface area contributed by atoms with Crippen molar-refractivity contribution < 1.29 is 9.59 Å². The molecule has 0 bridgehead atoms. The van der Waals surface area contributed by atoms with Gasteiger partial charge in [0, 0.05) is 31.3 Å². The summed E-state index contributed by atoms with van der Waals surface area (Å²) in [5.41, 5.74) is 2.71. The lowest BCUT2D eigenvalue weighted by molar-refractivity contribution is -0.116. The van der Waals surface area contributed by atoms with E-state index in [4.69, 9.17) is 0 Å². The third kappa shape index (κ3) is 5.93. The minimum Gasteiger partial charge on any atom is -0.326 e. The number of hydrogen-bond acceptors (Lipinski definition) is 5. The van der Waals surface area contributed by atoms with Crippen molar-refractivity contribution in [2.45, 2.75) is 31.3 Å². The highest BCUT2D eigenvalue weighted by atomic mass is 32.2. The molecule has 30 heavy (non-hydrogen) atoms. The first kappa shape index (κ1) is 21.6. The second kappa shape index (κ2) is 10.6. The first-order valence-electron chi connectivity index (χ1n) is 9.80. The molecule has 0 aliphatic rings. The Morgan fingerprint density at radius 1 is 0.967 bits per heavy atom. The average Bonchev–Trinajstić information content (AvgIpc) is 3.11. The van der Waals surface area contributed by atoms with Gasteiger partial charge in [-0.25, -0.2) is 0 Å². The molecule has 7 nitrogen and oxygen atoms in total. The Morgan fingerprint density at radius 3 is 2.47 bits per heavy atom. The van der Waals surface area contributed by atoms with E-state index in [2.05, 4.69) is 27.8 Å². The number of thioether (sulfide) groups is 1. The third-order valence-corrected chi connectivity index (χ3v) is 5.58. The first-order chi connectivity index (χ1) is 14.6. The highest BCUT2D eigenvalue weighted by molar-refractivity contribution is 7.99. The number of nitrogens with zero attached hydrogens (tertiary/aromatic N) is 3. The van der Waals surface area contributed by atoms with Crippen LogP contribution < -0.4 is 10.6 Å². The van der Waals surface area contributed by atoms with E-state index >= 15 is 0 Å². The summed E-state index contributed by atoms with van der Waals surface area (Å²) < 4.78 is 1.83. The summed E-state index contributed by atoms with van der Waals surface area (Å²) in [6.07, 6.45) is 1.63. The van der Waals surface area contributed by atoms with Gasteiger partial charge in [0.2, 0.25) is 11.8 Å². The van der Waals surface area contributed by atoms with E-state index in [1.165, 1.54) is 11.8 Å². The SMILES string of the molecule is CCc1ccccc1NC(=O)CSc1nnc(CCC(=O)Nc2ccccc2)n1C. The molecule has 0 saturated heterocycles. The average molecular weight is 424 g/mol. The summed E-state index contributed by atoms with van der Waals surface area (Å²) in [7, 11) is 1.84. The molecule has 3 aromatic rings. The zero-order chi connectivity index (χ0) is 21.3. The van der Waals surface area contributed by atoms with Crippen molar-refractivity contribution in [2.75, 3.05) is 16.4 Å². The predicted molar refractivity (Wildman–Crippen MR) is 120 cm³/mol. The molecule has 2 amide bonds. The van der Waals surface area contributed by atoms with E-state index in [1.807, 2.05) is 66.2 Å². The molecule has 0 atom stereocenters. The maximum Gasteiger partial charge on any atom is 0.234 e. The number of para-hydroxylation sites is 2. The van der Waals surface area contributed by atoms with Crippen LogP contribution in [0.5, 0.6) is 0 Å². The molecular weight excluding hydrogens is 398 g/mol. The fraction of sp³-hybridized carbons (Fsp3) is 0.273. The molecule has 3 rings (SSSR count). The van der Waals surface area contributed by atoms with Gasteiger partial charge in [-0.3, -0.25) is 9.59 Å². The highest BCUT2D eigenvalue weighted by Gasteiger charge is 2.13. The van der Waals surface area contributed by atoms with Crippen LogP contribution in [0.2, 0.25) is 0 Å². The zero-order valence-electron chi connectivity index (χ0n) is 17.1. The van der Waals surface area contributed by atoms with E-state index in [9.17, 15) is 9.59 Å². The lowest BCUT2D eigenvalue weighted by Crippen LogP contribution is -2.16. The van der Waals surface area contributed by atoms with Gasteiger partial charge in [0.05, 0.1) is 5.75 Å². The van der Waals surface area contributed by atoms with E-state index in [1.54, 1.807) is 0 Å². The number of aromatic nitrogens is 3. The van der Waals surface area contributed by atoms with Crippen molar-refractivity contribution in [3.63, 3.8) is 0 Å². The van der Waals surface area contributed by atoms with Crippen molar-refractivity contribution in [1.82, 2.24) is 14.8 Å². The van der Waals surface area contributed by atoms with Crippen molar-refractivity contribution in [2.24, 2.45) is 7.05 Å². The normalized spacial score (nSPS) is 10.6. The van der Waals surface area contributed by atoms with E-state index in [0.29, 0.717) is 23.8 Å². The van der Waals surface area contributed by atoms with Crippen LogP contribution in [-0.4, -0.2) is 32.3 Å². The fourth-order valence-corrected chi connectivity index (χ4v) is 3.66. The van der Waals surface area contributed by atoms with Crippen molar-refractivity contribution >= 4 is 35.0 Å². The van der Waals surface area contributed by atoms with E-state index in [0.717, 1.165) is 23.4 Å². The van der Waals surface area contributed by atoms with Gasteiger partial charge in [-0.15, -0.1) is 10.2 Å². The van der Waals surface area contributed by atoms with Gasteiger partial charge in [0.1, 0.15) is 5.82 Å². The Hall–Kier alpha value is -3.13. The Labute approximate surface area is 180 Å². The topological polar surface area (TPSA) is 88.9 Å². The maximum absolute atomic E-state index is 12.3. The van der Waals surface area contributed by atoms with Gasteiger partial charge >= 0.3 is 0 Å². The molecule has 2 aromatic carbocycles. The molecule has 0 saturated carbocycles. The summed E-state index contributed by atoms with van der Waals surface area (Å²) in [4.78, 5) is 24.4. The monoisotopic (exact) mass is 423 g/mol. The molecule has 156 valence electrons. The summed E-state index contributed by atoms with van der Waals surface area (Å²) in [5.74, 6) is 0.774. The molecular formula is C22H25N5O2S. The molecule has 1 heterocycles. The van der Waals surface area contributed by atoms with Crippen molar-refractivity contribution in [3.05, 3.63) is 66.0 Å². The van der Waals surface area contributed by atoms with Crippen LogP contribution in [0.3, 0.4) is 0 Å². The number of rotatable bonds is 9. The Balaban J connectivity index is 1.49. The minimum atomic E-state index is -0.0901. The standard InChI is InChI=1S/C22H25N5O2S/c1-3-16-9-7-8-12-18(16)24-21(29)15-30-22-26-25-19(27(22)2)13-14-20(28)23-17-10-5-4-6-11-17/h4-12H,3,13-15H2,1-2H3,(H,23,28)(H,24,29). The van der Waals surface area contributed by atoms with Gasteiger partial charge in [-0.2, -0.15) is 0 Å². The number of carbonyl (C=O) groups excluding carboxylic acids is 2. The van der Waals surface area contributed by atoms with E-state index in [-0.39, 0.29) is 17.6 Å². The second-order valence-corrected chi connectivity index (χ2v) is 7.66. The molecule has 0 aliphatic heterocycles.